The molecule has 140 valence electrons. The van der Waals surface area contributed by atoms with E-state index in [9.17, 15) is 4.79 Å². The Labute approximate surface area is 162 Å². The zero-order valence-corrected chi connectivity index (χ0v) is 16.3. The summed E-state index contributed by atoms with van der Waals surface area (Å²) >= 11 is 1.47. The third-order valence-electron chi connectivity index (χ3n) is 4.08. The highest BCUT2D eigenvalue weighted by molar-refractivity contribution is 7.21. The Morgan fingerprint density at radius 2 is 2.04 bits per heavy atom. The van der Waals surface area contributed by atoms with Gasteiger partial charge in [0, 0.05) is 36.5 Å². The topological polar surface area (TPSA) is 93.3 Å². The predicted octanol–water partition coefficient (Wildman–Crippen LogP) is 3.59. The first-order valence-electron chi connectivity index (χ1n) is 8.90. The number of ketones is 1. The monoisotopic (exact) mass is 381 g/mol. The molecule has 0 aliphatic rings. The first-order chi connectivity index (χ1) is 13.1. The average Bonchev–Trinajstić information content (AvgIpc) is 3.06. The number of nitrogens with zero attached hydrogens (tertiary/aromatic N) is 3. The van der Waals surface area contributed by atoms with Crippen molar-refractivity contribution >= 4 is 38.3 Å². The summed E-state index contributed by atoms with van der Waals surface area (Å²) in [4.78, 5) is 26.3. The molecule has 0 bridgehead atoms. The van der Waals surface area contributed by atoms with Gasteiger partial charge in [-0.2, -0.15) is 0 Å². The minimum atomic E-state index is 0.0452. The summed E-state index contributed by atoms with van der Waals surface area (Å²) in [5, 5.41) is 3.97. The van der Waals surface area contributed by atoms with Crippen LogP contribution in [-0.4, -0.2) is 41.1 Å². The number of pyridine rings is 1. The lowest BCUT2D eigenvalue weighted by Crippen LogP contribution is -2.24. The van der Waals surface area contributed by atoms with E-state index < -0.39 is 0 Å². The van der Waals surface area contributed by atoms with Crippen molar-refractivity contribution in [2.24, 2.45) is 10.7 Å². The Morgan fingerprint density at radius 3 is 2.81 bits per heavy atom. The van der Waals surface area contributed by atoms with Crippen LogP contribution in [0.3, 0.4) is 0 Å². The minimum Gasteiger partial charge on any atom is -0.329 e. The molecule has 0 spiro atoms. The third kappa shape index (κ3) is 5.03. The second-order valence-electron chi connectivity index (χ2n) is 6.29. The van der Waals surface area contributed by atoms with Gasteiger partial charge in [0.2, 0.25) is 5.13 Å². The SMILES string of the molecule is CC(=O)c1cccc(-c2ccc3nc(N=C(C)CCNCCN)sc3n2)c1. The van der Waals surface area contributed by atoms with Crippen molar-refractivity contribution in [1.29, 1.82) is 0 Å². The second kappa shape index (κ2) is 8.94. The molecule has 27 heavy (non-hydrogen) atoms. The Morgan fingerprint density at radius 1 is 1.19 bits per heavy atom. The van der Waals surface area contributed by atoms with Gasteiger partial charge in [-0.05, 0) is 38.5 Å². The molecule has 0 aliphatic carbocycles. The number of fused-ring (bicyclic) bond motifs is 1. The Kier molecular flexibility index (Phi) is 6.39. The van der Waals surface area contributed by atoms with Gasteiger partial charge in [-0.1, -0.05) is 29.5 Å². The van der Waals surface area contributed by atoms with Crippen LogP contribution in [0.4, 0.5) is 5.13 Å². The number of thiazole rings is 1. The van der Waals surface area contributed by atoms with Gasteiger partial charge in [-0.15, -0.1) is 0 Å². The van der Waals surface area contributed by atoms with E-state index in [1.165, 1.54) is 11.3 Å². The van der Waals surface area contributed by atoms with Crippen LogP contribution >= 0.6 is 11.3 Å². The second-order valence-corrected chi connectivity index (χ2v) is 7.25. The molecule has 0 radical (unpaired) electrons. The maximum atomic E-state index is 11.6. The number of aromatic nitrogens is 2. The quantitative estimate of drug-likeness (QED) is 0.353. The van der Waals surface area contributed by atoms with Crippen LogP contribution in [-0.2, 0) is 0 Å². The lowest BCUT2D eigenvalue weighted by atomic mass is 10.1. The average molecular weight is 382 g/mol. The molecule has 0 atom stereocenters. The molecule has 7 heteroatoms. The molecule has 3 N–H and O–H groups in total. The van der Waals surface area contributed by atoms with Gasteiger partial charge in [0.1, 0.15) is 10.3 Å². The number of benzene rings is 1. The number of Topliss-reactive ketones (excluding diaryl/α,β-unsaturated/α-hetero) is 1. The number of rotatable bonds is 8. The number of carbonyl (C=O) groups is 1. The molecular weight excluding hydrogens is 358 g/mol. The number of aliphatic imine (C=N–C) groups is 1. The van der Waals surface area contributed by atoms with Gasteiger partial charge in [0.25, 0.3) is 0 Å². The summed E-state index contributed by atoms with van der Waals surface area (Å²) in [6, 6.07) is 11.4. The molecule has 0 aliphatic heterocycles. The Balaban J connectivity index is 1.81. The van der Waals surface area contributed by atoms with Crippen LogP contribution in [0, 0.1) is 0 Å². The zero-order chi connectivity index (χ0) is 19.2. The van der Waals surface area contributed by atoms with Crippen LogP contribution < -0.4 is 11.1 Å². The Hall–Kier alpha value is -2.48. The lowest BCUT2D eigenvalue weighted by molar-refractivity contribution is 0.101. The van der Waals surface area contributed by atoms with Crippen molar-refractivity contribution in [2.45, 2.75) is 20.3 Å². The van der Waals surface area contributed by atoms with E-state index in [4.69, 9.17) is 10.7 Å². The highest BCUT2D eigenvalue weighted by Crippen LogP contribution is 2.29. The third-order valence-corrected chi connectivity index (χ3v) is 4.94. The summed E-state index contributed by atoms with van der Waals surface area (Å²) < 4.78 is 0. The molecule has 0 amide bonds. The van der Waals surface area contributed by atoms with Gasteiger partial charge in [0.15, 0.2) is 5.78 Å². The predicted molar refractivity (Wildman–Crippen MR) is 112 cm³/mol. The van der Waals surface area contributed by atoms with Gasteiger partial charge in [0.05, 0.1) is 5.69 Å². The van der Waals surface area contributed by atoms with Crippen molar-refractivity contribution in [3.63, 3.8) is 0 Å². The molecule has 1 aromatic carbocycles. The van der Waals surface area contributed by atoms with Gasteiger partial charge in [-0.25, -0.2) is 15.0 Å². The van der Waals surface area contributed by atoms with E-state index in [2.05, 4.69) is 15.3 Å². The van der Waals surface area contributed by atoms with Crippen molar-refractivity contribution < 1.29 is 4.79 Å². The van der Waals surface area contributed by atoms with E-state index >= 15 is 0 Å². The minimum absolute atomic E-state index is 0.0452. The van der Waals surface area contributed by atoms with E-state index in [1.54, 1.807) is 6.92 Å². The van der Waals surface area contributed by atoms with Crippen LogP contribution in [0.5, 0.6) is 0 Å². The van der Waals surface area contributed by atoms with Crippen molar-refractivity contribution in [3.8, 4) is 11.3 Å². The largest absolute Gasteiger partial charge is 0.329 e. The highest BCUT2D eigenvalue weighted by Gasteiger charge is 2.09. The number of nitrogens with one attached hydrogen (secondary N) is 1. The molecule has 2 heterocycles. The molecular formula is C20H23N5OS. The van der Waals surface area contributed by atoms with E-state index in [1.807, 2.05) is 43.3 Å². The summed E-state index contributed by atoms with van der Waals surface area (Å²) in [5.41, 5.74) is 9.75. The summed E-state index contributed by atoms with van der Waals surface area (Å²) in [5.74, 6) is 0.0452. The van der Waals surface area contributed by atoms with Gasteiger partial charge in [-0.3, -0.25) is 4.79 Å². The smallest absolute Gasteiger partial charge is 0.211 e. The zero-order valence-electron chi connectivity index (χ0n) is 15.5. The number of nitrogens with two attached hydrogens (primary N) is 1. The van der Waals surface area contributed by atoms with E-state index in [0.29, 0.717) is 17.2 Å². The summed E-state index contributed by atoms with van der Waals surface area (Å²) in [6.07, 6.45) is 0.854. The number of hydrogen-bond acceptors (Lipinski definition) is 7. The lowest BCUT2D eigenvalue weighted by Gasteiger charge is -2.02. The van der Waals surface area contributed by atoms with Crippen LogP contribution in [0.15, 0.2) is 41.4 Å². The first-order valence-corrected chi connectivity index (χ1v) is 9.72. The molecule has 3 aromatic rings. The van der Waals surface area contributed by atoms with Crippen LogP contribution in [0.25, 0.3) is 21.6 Å². The number of hydrogen-bond donors (Lipinski definition) is 2. The summed E-state index contributed by atoms with van der Waals surface area (Å²) in [6.45, 7) is 5.87. The molecule has 0 saturated carbocycles. The van der Waals surface area contributed by atoms with Crippen molar-refractivity contribution in [1.82, 2.24) is 15.3 Å². The highest BCUT2D eigenvalue weighted by atomic mass is 32.1. The fourth-order valence-electron chi connectivity index (χ4n) is 2.63. The Bertz CT molecular complexity index is 979. The van der Waals surface area contributed by atoms with E-state index in [-0.39, 0.29) is 5.78 Å². The maximum absolute atomic E-state index is 11.6. The van der Waals surface area contributed by atoms with E-state index in [0.717, 1.165) is 46.8 Å². The van der Waals surface area contributed by atoms with Gasteiger partial charge < -0.3 is 11.1 Å². The fraction of sp³-hybridized carbons (Fsp3) is 0.300. The number of carbonyl (C=O) groups excluding carboxylic acids is 1. The first kappa shape index (κ1) is 19.3. The molecule has 0 saturated heterocycles. The molecule has 6 nitrogen and oxygen atoms in total. The normalized spacial score (nSPS) is 11.9. The molecule has 0 unspecified atom stereocenters. The van der Waals surface area contributed by atoms with Crippen LogP contribution in [0.2, 0.25) is 0 Å². The molecule has 2 aromatic heterocycles. The molecule has 3 rings (SSSR count). The maximum Gasteiger partial charge on any atom is 0.211 e. The van der Waals surface area contributed by atoms with Crippen LogP contribution in [0.1, 0.15) is 30.6 Å². The summed E-state index contributed by atoms with van der Waals surface area (Å²) in [7, 11) is 0. The fourth-order valence-corrected chi connectivity index (χ4v) is 3.51. The van der Waals surface area contributed by atoms with Crippen molar-refractivity contribution in [3.05, 3.63) is 42.0 Å². The van der Waals surface area contributed by atoms with Gasteiger partial charge >= 0.3 is 0 Å². The standard InChI is InChI=1S/C20H23N5OS/c1-13(8-10-22-11-9-21)23-20-25-18-7-6-17(24-19(18)27-20)16-5-3-4-15(12-16)14(2)26/h3-7,12,22H,8-11,21H2,1-2H3. The molecule has 0 fully saturated rings. The van der Waals surface area contributed by atoms with Crippen molar-refractivity contribution in [2.75, 3.05) is 19.6 Å².